The lowest BCUT2D eigenvalue weighted by atomic mass is 10.0. The number of benzene rings is 2. The van der Waals surface area contributed by atoms with Gasteiger partial charge in [0.2, 0.25) is 5.91 Å². The van der Waals surface area contributed by atoms with Crippen LogP contribution in [0.4, 0.5) is 18.9 Å². The van der Waals surface area contributed by atoms with Gasteiger partial charge in [-0.05, 0) is 48.6 Å². The lowest BCUT2D eigenvalue weighted by Crippen LogP contribution is -2.45. The second kappa shape index (κ2) is 10.7. The molecular formula is C25H30F3N3O2. The van der Waals surface area contributed by atoms with E-state index < -0.39 is 11.7 Å². The Bertz CT molecular complexity index is 967. The van der Waals surface area contributed by atoms with Crippen LogP contribution < -0.4 is 15.5 Å². The van der Waals surface area contributed by atoms with Crippen LogP contribution in [0.5, 0.6) is 0 Å². The molecule has 1 aliphatic rings. The Morgan fingerprint density at radius 2 is 1.76 bits per heavy atom. The fourth-order valence-corrected chi connectivity index (χ4v) is 4.00. The maximum Gasteiger partial charge on any atom is 0.416 e. The largest absolute Gasteiger partial charge is 0.416 e. The topological polar surface area (TPSA) is 61.4 Å². The molecule has 2 N–H and O–H groups in total. The molecule has 2 aromatic rings. The number of amides is 2. The molecule has 2 aromatic carbocycles. The summed E-state index contributed by atoms with van der Waals surface area (Å²) in [5.41, 5.74) is 0.907. The van der Waals surface area contributed by atoms with Gasteiger partial charge < -0.3 is 15.5 Å². The highest BCUT2D eigenvalue weighted by Gasteiger charge is 2.30. The highest BCUT2D eigenvalue weighted by atomic mass is 19.4. The molecule has 0 aliphatic carbocycles. The second-order valence-electron chi connectivity index (χ2n) is 8.82. The van der Waals surface area contributed by atoms with Crippen LogP contribution in [0.1, 0.15) is 54.6 Å². The summed E-state index contributed by atoms with van der Waals surface area (Å²) in [6.45, 7) is 5.42. The zero-order chi connectivity index (χ0) is 24.0. The van der Waals surface area contributed by atoms with Gasteiger partial charge in [-0.2, -0.15) is 13.2 Å². The molecule has 0 spiro atoms. The number of alkyl halides is 3. The molecule has 0 saturated carbocycles. The first-order chi connectivity index (χ1) is 15.6. The summed E-state index contributed by atoms with van der Waals surface area (Å²) in [7, 11) is 0. The first kappa shape index (κ1) is 24.6. The van der Waals surface area contributed by atoms with Gasteiger partial charge in [0, 0.05) is 37.8 Å². The van der Waals surface area contributed by atoms with E-state index in [2.05, 4.69) is 15.5 Å². The molecule has 1 heterocycles. The number of carbonyl (C=O) groups excluding carboxylic acids is 2. The third-order valence-corrected chi connectivity index (χ3v) is 5.65. The van der Waals surface area contributed by atoms with Crippen molar-refractivity contribution in [2.45, 2.75) is 51.9 Å². The summed E-state index contributed by atoms with van der Waals surface area (Å²) < 4.78 is 38.8. The molecule has 1 aliphatic heterocycles. The van der Waals surface area contributed by atoms with Gasteiger partial charge in [-0.1, -0.05) is 38.1 Å². The third-order valence-electron chi connectivity index (χ3n) is 5.65. The summed E-state index contributed by atoms with van der Waals surface area (Å²) >= 11 is 0. The number of hydrogen-bond acceptors (Lipinski definition) is 3. The fraction of sp³-hybridized carbons (Fsp3) is 0.440. The van der Waals surface area contributed by atoms with Crippen molar-refractivity contribution in [1.29, 1.82) is 0 Å². The monoisotopic (exact) mass is 461 g/mol. The molecule has 2 amide bonds. The molecule has 1 saturated heterocycles. The fourth-order valence-electron chi connectivity index (χ4n) is 4.00. The lowest BCUT2D eigenvalue weighted by Gasteiger charge is -2.35. The Balaban J connectivity index is 1.60. The number of halogens is 3. The zero-order valence-corrected chi connectivity index (χ0v) is 18.9. The molecule has 1 fully saturated rings. The average molecular weight is 462 g/mol. The van der Waals surface area contributed by atoms with E-state index in [1.807, 2.05) is 26.0 Å². The van der Waals surface area contributed by atoms with Crippen LogP contribution in [0.2, 0.25) is 0 Å². The van der Waals surface area contributed by atoms with Crippen LogP contribution in [-0.2, 0) is 17.5 Å². The Kier molecular flexibility index (Phi) is 8.00. The van der Waals surface area contributed by atoms with Crippen LogP contribution in [0.15, 0.2) is 48.5 Å². The van der Waals surface area contributed by atoms with Crippen molar-refractivity contribution in [3.63, 3.8) is 0 Å². The van der Waals surface area contributed by atoms with Crippen molar-refractivity contribution in [3.05, 3.63) is 65.2 Å². The first-order valence-corrected chi connectivity index (χ1v) is 11.2. The Morgan fingerprint density at radius 3 is 2.42 bits per heavy atom. The number of anilines is 1. The van der Waals surface area contributed by atoms with Crippen molar-refractivity contribution in [1.82, 2.24) is 10.6 Å². The Labute approximate surface area is 192 Å². The molecule has 0 unspecified atom stereocenters. The van der Waals surface area contributed by atoms with Gasteiger partial charge in [-0.15, -0.1) is 0 Å². The van der Waals surface area contributed by atoms with E-state index in [-0.39, 0.29) is 24.4 Å². The average Bonchev–Trinajstić information content (AvgIpc) is 2.77. The van der Waals surface area contributed by atoms with E-state index in [1.165, 1.54) is 6.07 Å². The molecule has 8 heteroatoms. The minimum absolute atomic E-state index is 0.00104. The van der Waals surface area contributed by atoms with Gasteiger partial charge in [-0.25, -0.2) is 0 Å². The molecular weight excluding hydrogens is 431 g/mol. The van der Waals surface area contributed by atoms with E-state index in [4.69, 9.17) is 0 Å². The van der Waals surface area contributed by atoms with Gasteiger partial charge >= 0.3 is 6.18 Å². The number of rotatable bonds is 7. The minimum atomic E-state index is -4.42. The number of carbonyl (C=O) groups is 2. The molecule has 5 nitrogen and oxygen atoms in total. The summed E-state index contributed by atoms with van der Waals surface area (Å²) in [5.74, 6) is 0.0413. The zero-order valence-electron chi connectivity index (χ0n) is 18.9. The van der Waals surface area contributed by atoms with Crippen LogP contribution in [0, 0.1) is 5.92 Å². The quantitative estimate of drug-likeness (QED) is 0.625. The van der Waals surface area contributed by atoms with Crippen LogP contribution in [0.25, 0.3) is 0 Å². The molecule has 33 heavy (non-hydrogen) atoms. The van der Waals surface area contributed by atoms with Crippen molar-refractivity contribution in [2.75, 3.05) is 18.0 Å². The minimum Gasteiger partial charge on any atom is -0.371 e. The highest BCUT2D eigenvalue weighted by molar-refractivity contribution is 5.99. The van der Waals surface area contributed by atoms with Crippen molar-refractivity contribution in [2.24, 2.45) is 5.92 Å². The standard InChI is InChI=1S/C25H30F3N3O2/c1-17(2)14-23(32)30-20-10-12-31(13-11-20)22-9-4-3-8-21(22)24(33)29-16-18-6-5-7-19(15-18)25(26,27)28/h3-9,15,17,20H,10-14,16H2,1-2H3,(H,29,33)(H,30,32). The van der Waals surface area contributed by atoms with Crippen molar-refractivity contribution >= 4 is 17.5 Å². The smallest absolute Gasteiger partial charge is 0.371 e. The Hall–Kier alpha value is -3.03. The normalized spacial score (nSPS) is 14.9. The van der Waals surface area contributed by atoms with Crippen LogP contribution in [-0.4, -0.2) is 30.9 Å². The van der Waals surface area contributed by atoms with E-state index in [0.717, 1.165) is 30.7 Å². The summed E-state index contributed by atoms with van der Waals surface area (Å²) in [6, 6.07) is 12.3. The van der Waals surface area contributed by atoms with Crippen molar-refractivity contribution in [3.8, 4) is 0 Å². The summed E-state index contributed by atoms with van der Waals surface area (Å²) in [5, 5.41) is 5.82. The molecule has 178 valence electrons. The maximum atomic E-state index is 12.9. The van der Waals surface area contributed by atoms with Gasteiger partial charge in [0.15, 0.2) is 0 Å². The molecule has 3 rings (SSSR count). The molecule has 0 radical (unpaired) electrons. The SMILES string of the molecule is CC(C)CC(=O)NC1CCN(c2ccccc2C(=O)NCc2cccc(C(F)(F)F)c2)CC1. The molecule has 0 bridgehead atoms. The van der Waals surface area contributed by atoms with E-state index >= 15 is 0 Å². The second-order valence-corrected chi connectivity index (χ2v) is 8.82. The number of piperidine rings is 1. The number of nitrogens with one attached hydrogen (secondary N) is 2. The lowest BCUT2D eigenvalue weighted by molar-refractivity contribution is -0.137. The number of hydrogen-bond donors (Lipinski definition) is 2. The van der Waals surface area contributed by atoms with Gasteiger partial charge in [0.1, 0.15) is 0 Å². The molecule has 0 atom stereocenters. The summed E-state index contributed by atoms with van der Waals surface area (Å²) in [6.07, 6.45) is -2.35. The molecule has 0 aromatic heterocycles. The van der Waals surface area contributed by atoms with Gasteiger partial charge in [0.25, 0.3) is 5.91 Å². The number of nitrogens with zero attached hydrogens (tertiary/aromatic N) is 1. The van der Waals surface area contributed by atoms with Gasteiger partial charge in [-0.3, -0.25) is 9.59 Å². The van der Waals surface area contributed by atoms with Crippen LogP contribution >= 0.6 is 0 Å². The maximum absolute atomic E-state index is 12.9. The number of para-hydroxylation sites is 1. The summed E-state index contributed by atoms with van der Waals surface area (Å²) in [4.78, 5) is 27.0. The third kappa shape index (κ3) is 6.97. The van der Waals surface area contributed by atoms with Gasteiger partial charge in [0.05, 0.1) is 11.1 Å². The van der Waals surface area contributed by atoms with Crippen LogP contribution in [0.3, 0.4) is 0 Å². The Morgan fingerprint density at radius 1 is 1.06 bits per heavy atom. The predicted octanol–water partition coefficient (Wildman–Crippen LogP) is 4.77. The van der Waals surface area contributed by atoms with E-state index in [1.54, 1.807) is 18.2 Å². The first-order valence-electron chi connectivity index (χ1n) is 11.2. The van der Waals surface area contributed by atoms with E-state index in [0.29, 0.717) is 36.6 Å². The van der Waals surface area contributed by atoms with E-state index in [9.17, 15) is 22.8 Å². The van der Waals surface area contributed by atoms with Crippen molar-refractivity contribution < 1.29 is 22.8 Å². The highest BCUT2D eigenvalue weighted by Crippen LogP contribution is 2.29. The predicted molar refractivity (Wildman–Crippen MR) is 122 cm³/mol.